The molecule has 2 aromatic rings. The molecule has 0 amide bonds. The fourth-order valence-corrected chi connectivity index (χ4v) is 4.25. The molecule has 0 unspecified atom stereocenters. The van der Waals surface area contributed by atoms with Crippen molar-refractivity contribution in [2.75, 3.05) is 6.54 Å². The number of hydrogen-bond donors (Lipinski definition) is 3. The molecule has 0 radical (unpaired) electrons. The second kappa shape index (κ2) is 5.83. The van der Waals surface area contributed by atoms with Gasteiger partial charge in [0.05, 0.1) is 11.2 Å². The van der Waals surface area contributed by atoms with Gasteiger partial charge in [-0.25, -0.2) is 18.1 Å². The number of nitrogens with zero attached hydrogens (tertiary/aromatic N) is 1. The average molecular weight is 300 g/mol. The number of aromatic amines is 1. The number of thiophene rings is 1. The number of hydrogen-bond acceptors (Lipinski definition) is 5. The van der Waals surface area contributed by atoms with Crippen LogP contribution in [0.1, 0.15) is 15.4 Å². The lowest BCUT2D eigenvalue weighted by Crippen LogP contribution is -2.26. The Morgan fingerprint density at radius 3 is 2.89 bits per heavy atom. The first-order valence-electron chi connectivity index (χ1n) is 5.79. The zero-order chi connectivity index (χ0) is 13.9. The van der Waals surface area contributed by atoms with Crippen molar-refractivity contribution in [1.82, 2.24) is 14.7 Å². The molecule has 0 saturated carbocycles. The lowest BCUT2D eigenvalue weighted by atomic mass is 10.3. The zero-order valence-corrected chi connectivity index (χ0v) is 12.1. The van der Waals surface area contributed by atoms with Crippen molar-refractivity contribution in [2.24, 2.45) is 5.73 Å². The molecule has 0 fully saturated rings. The summed E-state index contributed by atoms with van der Waals surface area (Å²) in [5.74, 6) is 0. The quantitative estimate of drug-likeness (QED) is 0.733. The molecule has 0 saturated heterocycles. The van der Waals surface area contributed by atoms with Gasteiger partial charge in [0.1, 0.15) is 0 Å². The summed E-state index contributed by atoms with van der Waals surface area (Å²) >= 11 is 1.41. The van der Waals surface area contributed by atoms with E-state index in [0.29, 0.717) is 24.4 Å². The lowest BCUT2D eigenvalue weighted by Gasteiger charge is -2.05. The standard InChI is InChI=1S/C11H16N4O2S2/c1-8-11(4-10(5-12)18-8)19(16,17)15-3-2-9-6-13-7-14-9/h4,6-7,15H,2-3,5,12H2,1H3,(H,13,14). The highest BCUT2D eigenvalue weighted by Gasteiger charge is 2.19. The van der Waals surface area contributed by atoms with Crippen molar-refractivity contribution in [3.05, 3.63) is 34.0 Å². The molecule has 0 atom stereocenters. The van der Waals surface area contributed by atoms with Crippen LogP contribution in [0.2, 0.25) is 0 Å². The normalized spacial score (nSPS) is 11.9. The molecule has 2 heterocycles. The number of H-pyrrole nitrogens is 1. The monoisotopic (exact) mass is 300 g/mol. The maximum absolute atomic E-state index is 12.1. The van der Waals surface area contributed by atoms with E-state index in [1.807, 2.05) is 0 Å². The van der Waals surface area contributed by atoms with E-state index in [0.717, 1.165) is 15.4 Å². The summed E-state index contributed by atoms with van der Waals surface area (Å²) in [4.78, 5) is 8.75. The first kappa shape index (κ1) is 14.2. The van der Waals surface area contributed by atoms with Crippen LogP contribution in [0.5, 0.6) is 0 Å². The Hall–Kier alpha value is -1.22. The molecule has 0 aromatic carbocycles. The van der Waals surface area contributed by atoms with Gasteiger partial charge in [0.2, 0.25) is 10.0 Å². The molecule has 0 aliphatic rings. The van der Waals surface area contributed by atoms with Crippen LogP contribution in [0.15, 0.2) is 23.5 Å². The van der Waals surface area contributed by atoms with Crippen molar-refractivity contribution in [1.29, 1.82) is 0 Å². The summed E-state index contributed by atoms with van der Waals surface area (Å²) in [6, 6.07) is 1.64. The molecule has 0 bridgehead atoms. The predicted molar refractivity (Wildman–Crippen MR) is 74.4 cm³/mol. The Morgan fingerprint density at radius 1 is 1.53 bits per heavy atom. The first-order valence-corrected chi connectivity index (χ1v) is 8.09. The van der Waals surface area contributed by atoms with Crippen LogP contribution in [-0.2, 0) is 23.0 Å². The van der Waals surface area contributed by atoms with E-state index in [-0.39, 0.29) is 0 Å². The van der Waals surface area contributed by atoms with Gasteiger partial charge in [-0.2, -0.15) is 0 Å². The van der Waals surface area contributed by atoms with Gasteiger partial charge in [-0.1, -0.05) is 0 Å². The second-order valence-electron chi connectivity index (χ2n) is 4.06. The molecular weight excluding hydrogens is 284 g/mol. The highest BCUT2D eigenvalue weighted by molar-refractivity contribution is 7.89. The Morgan fingerprint density at radius 2 is 2.32 bits per heavy atom. The van der Waals surface area contributed by atoms with Crippen LogP contribution >= 0.6 is 11.3 Å². The summed E-state index contributed by atoms with van der Waals surface area (Å²) < 4.78 is 26.9. The third-order valence-corrected chi connectivity index (χ3v) is 5.44. The average Bonchev–Trinajstić information content (AvgIpc) is 2.98. The predicted octanol–water partition coefficient (Wildman–Crippen LogP) is 0.759. The van der Waals surface area contributed by atoms with E-state index in [9.17, 15) is 8.42 Å². The van der Waals surface area contributed by atoms with Gasteiger partial charge in [-0.05, 0) is 13.0 Å². The maximum Gasteiger partial charge on any atom is 0.241 e. The van der Waals surface area contributed by atoms with Crippen LogP contribution in [0.3, 0.4) is 0 Å². The largest absolute Gasteiger partial charge is 0.348 e. The van der Waals surface area contributed by atoms with Crippen LogP contribution in [0, 0.1) is 6.92 Å². The maximum atomic E-state index is 12.1. The van der Waals surface area contributed by atoms with Crippen LogP contribution in [0.4, 0.5) is 0 Å². The minimum atomic E-state index is -3.46. The van der Waals surface area contributed by atoms with E-state index in [4.69, 9.17) is 5.73 Å². The number of imidazole rings is 1. The molecule has 6 nitrogen and oxygen atoms in total. The van der Waals surface area contributed by atoms with Gasteiger partial charge in [0, 0.05) is 41.2 Å². The summed E-state index contributed by atoms with van der Waals surface area (Å²) in [5.41, 5.74) is 6.42. The smallest absolute Gasteiger partial charge is 0.241 e. The highest BCUT2D eigenvalue weighted by Crippen LogP contribution is 2.25. The van der Waals surface area contributed by atoms with Crippen LogP contribution in [0.25, 0.3) is 0 Å². The van der Waals surface area contributed by atoms with Crippen LogP contribution in [-0.4, -0.2) is 24.9 Å². The minimum absolute atomic E-state index is 0.322. The fourth-order valence-electron chi connectivity index (χ4n) is 1.71. The third-order valence-electron chi connectivity index (χ3n) is 2.66. The van der Waals surface area contributed by atoms with Gasteiger partial charge in [-0.3, -0.25) is 0 Å². The second-order valence-corrected chi connectivity index (χ2v) is 7.14. The Labute approximate surface area is 116 Å². The lowest BCUT2D eigenvalue weighted by molar-refractivity contribution is 0.581. The summed E-state index contributed by atoms with van der Waals surface area (Å²) in [6.45, 7) is 2.47. The molecule has 0 aliphatic heterocycles. The molecule has 8 heteroatoms. The van der Waals surface area contributed by atoms with Crippen molar-refractivity contribution >= 4 is 21.4 Å². The van der Waals surface area contributed by atoms with E-state index >= 15 is 0 Å². The Kier molecular flexibility index (Phi) is 4.35. The molecule has 0 spiro atoms. The van der Waals surface area contributed by atoms with Gasteiger partial charge in [-0.15, -0.1) is 11.3 Å². The number of sulfonamides is 1. The summed E-state index contributed by atoms with van der Waals surface area (Å²) in [5, 5.41) is 0. The zero-order valence-electron chi connectivity index (χ0n) is 10.5. The Bertz CT molecular complexity index is 632. The number of nitrogens with one attached hydrogen (secondary N) is 2. The topological polar surface area (TPSA) is 101 Å². The van der Waals surface area contributed by atoms with Crippen molar-refractivity contribution in [3.63, 3.8) is 0 Å². The first-order chi connectivity index (χ1) is 9.03. The molecule has 4 N–H and O–H groups in total. The molecular formula is C11H16N4O2S2. The number of rotatable bonds is 6. The Balaban J connectivity index is 2.03. The van der Waals surface area contributed by atoms with E-state index in [1.165, 1.54) is 11.3 Å². The van der Waals surface area contributed by atoms with Gasteiger partial charge in [0.15, 0.2) is 0 Å². The third kappa shape index (κ3) is 3.41. The molecule has 2 aromatic heterocycles. The summed E-state index contributed by atoms with van der Waals surface area (Å²) in [7, 11) is -3.46. The van der Waals surface area contributed by atoms with Crippen molar-refractivity contribution in [2.45, 2.75) is 24.8 Å². The van der Waals surface area contributed by atoms with E-state index < -0.39 is 10.0 Å². The molecule has 104 valence electrons. The van der Waals surface area contributed by atoms with Crippen molar-refractivity contribution < 1.29 is 8.42 Å². The SMILES string of the molecule is Cc1sc(CN)cc1S(=O)(=O)NCCc1cnc[nH]1. The van der Waals surface area contributed by atoms with Crippen molar-refractivity contribution in [3.8, 4) is 0 Å². The molecule has 0 aliphatic carbocycles. The molecule has 19 heavy (non-hydrogen) atoms. The molecule has 2 rings (SSSR count). The number of aryl methyl sites for hydroxylation is 1. The minimum Gasteiger partial charge on any atom is -0.348 e. The van der Waals surface area contributed by atoms with Gasteiger partial charge < -0.3 is 10.7 Å². The number of aromatic nitrogens is 2. The fraction of sp³-hybridized carbons (Fsp3) is 0.364. The highest BCUT2D eigenvalue weighted by atomic mass is 32.2. The number of nitrogens with two attached hydrogens (primary N) is 1. The summed E-state index contributed by atoms with van der Waals surface area (Å²) in [6.07, 6.45) is 3.82. The van der Waals surface area contributed by atoms with Crippen LogP contribution < -0.4 is 10.5 Å². The van der Waals surface area contributed by atoms with E-state index in [1.54, 1.807) is 25.5 Å². The van der Waals surface area contributed by atoms with E-state index in [2.05, 4.69) is 14.7 Å². The van der Waals surface area contributed by atoms with Gasteiger partial charge in [0.25, 0.3) is 0 Å². The van der Waals surface area contributed by atoms with Gasteiger partial charge >= 0.3 is 0 Å².